The minimum Gasteiger partial charge on any atom is -0.469 e. The smallest absolute Gasteiger partial charge is 0.310 e. The fraction of sp³-hybridized carbons (Fsp3) is 0.211. The molecule has 6 heteroatoms. The van der Waals surface area contributed by atoms with Crippen molar-refractivity contribution < 1.29 is 13.9 Å². The molecule has 2 aromatic carbocycles. The van der Waals surface area contributed by atoms with E-state index in [1.165, 1.54) is 13.2 Å². The van der Waals surface area contributed by atoms with Crippen LogP contribution in [-0.2, 0) is 22.5 Å². The minimum atomic E-state index is -0.514. The van der Waals surface area contributed by atoms with Crippen molar-refractivity contribution in [2.75, 3.05) is 7.11 Å². The highest BCUT2D eigenvalue weighted by atomic mass is 35.5. The summed E-state index contributed by atoms with van der Waals surface area (Å²) in [4.78, 5) is 11.8. The minimum absolute atomic E-state index is 0.0435. The highest BCUT2D eigenvalue weighted by Crippen LogP contribution is 2.31. The van der Waals surface area contributed by atoms with Crippen LogP contribution in [0.2, 0.25) is 10.0 Å². The number of carbonyl (C=O) groups is 1. The molecule has 0 unspecified atom stereocenters. The van der Waals surface area contributed by atoms with Crippen molar-refractivity contribution in [1.29, 1.82) is 0 Å². The summed E-state index contributed by atoms with van der Waals surface area (Å²) >= 11 is 12.0. The van der Waals surface area contributed by atoms with E-state index in [1.807, 2.05) is 29.7 Å². The number of benzene rings is 2. The van der Waals surface area contributed by atoms with Gasteiger partial charge >= 0.3 is 5.97 Å². The molecule has 1 heterocycles. The second-order valence-electron chi connectivity index (χ2n) is 5.82. The number of fused-ring (bicyclic) bond motifs is 1. The molecule has 0 saturated heterocycles. The summed E-state index contributed by atoms with van der Waals surface area (Å²) in [5.74, 6) is -0.888. The fourth-order valence-electron chi connectivity index (χ4n) is 3.00. The second kappa shape index (κ2) is 7.06. The van der Waals surface area contributed by atoms with E-state index >= 15 is 0 Å². The molecule has 0 bridgehead atoms. The van der Waals surface area contributed by atoms with Crippen LogP contribution in [0.25, 0.3) is 10.9 Å². The average Bonchev–Trinajstić information content (AvgIpc) is 2.81. The zero-order chi connectivity index (χ0) is 18.1. The van der Waals surface area contributed by atoms with Crippen molar-refractivity contribution in [2.45, 2.75) is 19.9 Å². The Bertz CT molecular complexity index is 966. The summed E-state index contributed by atoms with van der Waals surface area (Å²) < 4.78 is 20.8. The van der Waals surface area contributed by atoms with Crippen LogP contribution in [0.15, 0.2) is 36.4 Å². The number of methoxy groups -OCH3 is 1. The molecular weight excluding hydrogens is 364 g/mol. The number of aromatic nitrogens is 1. The molecule has 0 saturated carbocycles. The zero-order valence-corrected chi connectivity index (χ0v) is 15.3. The first-order chi connectivity index (χ1) is 11.9. The van der Waals surface area contributed by atoms with Crippen LogP contribution in [0.3, 0.4) is 0 Å². The molecule has 0 N–H and O–H groups in total. The Morgan fingerprint density at radius 2 is 2.00 bits per heavy atom. The number of hydrogen-bond donors (Lipinski definition) is 0. The van der Waals surface area contributed by atoms with Gasteiger partial charge in [-0.05, 0) is 42.3 Å². The molecule has 0 aliphatic heterocycles. The Kier molecular flexibility index (Phi) is 5.02. The molecule has 0 radical (unpaired) electrons. The van der Waals surface area contributed by atoms with Crippen LogP contribution in [0, 0.1) is 12.7 Å². The van der Waals surface area contributed by atoms with Gasteiger partial charge in [-0.1, -0.05) is 35.3 Å². The average molecular weight is 380 g/mol. The molecule has 0 aliphatic carbocycles. The standard InChI is InChI=1S/C19H16Cl2FNO2/c1-11-14(8-19(24)25-2)15-7-17(22)16(21)9-18(15)23(11)10-12-4-3-5-13(20)6-12/h3-7,9H,8,10H2,1-2H3. The van der Waals surface area contributed by atoms with Crippen LogP contribution in [-0.4, -0.2) is 17.6 Å². The van der Waals surface area contributed by atoms with Crippen LogP contribution < -0.4 is 0 Å². The van der Waals surface area contributed by atoms with Crippen molar-refractivity contribution in [3.63, 3.8) is 0 Å². The Hall–Kier alpha value is -2.04. The highest BCUT2D eigenvalue weighted by molar-refractivity contribution is 6.31. The van der Waals surface area contributed by atoms with Crippen molar-refractivity contribution in [2.24, 2.45) is 0 Å². The molecular formula is C19H16Cl2FNO2. The third-order valence-electron chi connectivity index (χ3n) is 4.27. The first kappa shape index (κ1) is 17.8. The van der Waals surface area contributed by atoms with E-state index in [4.69, 9.17) is 27.9 Å². The SMILES string of the molecule is COC(=O)Cc1c(C)n(Cc2cccc(Cl)c2)c2cc(Cl)c(F)cc12. The quantitative estimate of drug-likeness (QED) is 0.586. The largest absolute Gasteiger partial charge is 0.469 e. The third kappa shape index (κ3) is 3.51. The molecule has 0 fully saturated rings. The number of esters is 1. The Balaban J connectivity index is 2.18. The maximum Gasteiger partial charge on any atom is 0.310 e. The van der Waals surface area contributed by atoms with Crippen LogP contribution in [0.5, 0.6) is 0 Å². The predicted octanol–water partition coefficient (Wildman–Crippen LogP) is 5.16. The molecule has 0 atom stereocenters. The second-order valence-corrected chi connectivity index (χ2v) is 6.66. The van der Waals surface area contributed by atoms with E-state index in [0.29, 0.717) is 17.0 Å². The number of carbonyl (C=O) groups excluding carboxylic acids is 1. The van der Waals surface area contributed by atoms with Crippen molar-refractivity contribution in [1.82, 2.24) is 4.57 Å². The molecule has 0 amide bonds. The Morgan fingerprint density at radius 3 is 2.68 bits per heavy atom. The van der Waals surface area contributed by atoms with Crippen molar-refractivity contribution >= 4 is 40.1 Å². The summed E-state index contributed by atoms with van der Waals surface area (Å²) in [5, 5.41) is 1.35. The van der Waals surface area contributed by atoms with Gasteiger partial charge in [0.05, 0.1) is 24.1 Å². The lowest BCUT2D eigenvalue weighted by atomic mass is 10.1. The normalized spacial score (nSPS) is 11.1. The lowest BCUT2D eigenvalue weighted by Crippen LogP contribution is -2.07. The van der Waals surface area contributed by atoms with Crippen molar-refractivity contribution in [3.8, 4) is 0 Å². The molecule has 3 aromatic rings. The number of ether oxygens (including phenoxy) is 1. The van der Waals surface area contributed by atoms with E-state index < -0.39 is 5.82 Å². The number of halogens is 3. The van der Waals surface area contributed by atoms with Gasteiger partial charge in [-0.25, -0.2) is 4.39 Å². The highest BCUT2D eigenvalue weighted by Gasteiger charge is 2.19. The maximum absolute atomic E-state index is 14.0. The first-order valence-electron chi connectivity index (χ1n) is 7.68. The molecule has 3 nitrogen and oxygen atoms in total. The van der Waals surface area contributed by atoms with Gasteiger partial charge in [-0.2, -0.15) is 0 Å². The number of rotatable bonds is 4. The Morgan fingerprint density at radius 1 is 1.24 bits per heavy atom. The Labute approximate surface area is 154 Å². The molecule has 0 aliphatic rings. The molecule has 0 spiro atoms. The number of hydrogen-bond acceptors (Lipinski definition) is 2. The summed E-state index contributed by atoms with van der Waals surface area (Å²) in [7, 11) is 1.33. The van der Waals surface area contributed by atoms with Gasteiger partial charge in [-0.3, -0.25) is 4.79 Å². The maximum atomic E-state index is 14.0. The third-order valence-corrected chi connectivity index (χ3v) is 4.80. The van der Waals surface area contributed by atoms with E-state index in [1.54, 1.807) is 12.1 Å². The van der Waals surface area contributed by atoms with Gasteiger partial charge < -0.3 is 9.30 Å². The van der Waals surface area contributed by atoms with Gasteiger partial charge in [0.25, 0.3) is 0 Å². The monoisotopic (exact) mass is 379 g/mol. The van der Waals surface area contributed by atoms with Gasteiger partial charge in [0, 0.05) is 22.6 Å². The summed E-state index contributed by atoms with van der Waals surface area (Å²) in [6.07, 6.45) is 0.0719. The van der Waals surface area contributed by atoms with Crippen LogP contribution in [0.1, 0.15) is 16.8 Å². The summed E-state index contributed by atoms with van der Waals surface area (Å²) in [5.41, 5.74) is 3.36. The van der Waals surface area contributed by atoms with E-state index in [0.717, 1.165) is 22.3 Å². The topological polar surface area (TPSA) is 31.2 Å². The van der Waals surface area contributed by atoms with Gasteiger partial charge in [-0.15, -0.1) is 0 Å². The van der Waals surface area contributed by atoms with E-state index in [2.05, 4.69) is 0 Å². The van der Waals surface area contributed by atoms with E-state index in [-0.39, 0.29) is 17.4 Å². The molecule has 3 rings (SSSR count). The zero-order valence-electron chi connectivity index (χ0n) is 13.8. The first-order valence-corrected chi connectivity index (χ1v) is 8.44. The lowest BCUT2D eigenvalue weighted by Gasteiger charge is -2.10. The number of nitrogens with zero attached hydrogens (tertiary/aromatic N) is 1. The van der Waals surface area contributed by atoms with Gasteiger partial charge in [0.2, 0.25) is 0 Å². The lowest BCUT2D eigenvalue weighted by molar-refractivity contribution is -0.139. The molecule has 25 heavy (non-hydrogen) atoms. The van der Waals surface area contributed by atoms with Gasteiger partial charge in [0.15, 0.2) is 0 Å². The predicted molar refractivity (Wildman–Crippen MR) is 97.9 cm³/mol. The molecule has 1 aromatic heterocycles. The molecule has 130 valence electrons. The summed E-state index contributed by atoms with van der Waals surface area (Å²) in [6.45, 7) is 2.43. The fourth-order valence-corrected chi connectivity index (χ4v) is 3.37. The summed E-state index contributed by atoms with van der Waals surface area (Å²) in [6, 6.07) is 10.5. The van der Waals surface area contributed by atoms with Crippen LogP contribution >= 0.6 is 23.2 Å². The van der Waals surface area contributed by atoms with Crippen LogP contribution in [0.4, 0.5) is 4.39 Å². The van der Waals surface area contributed by atoms with E-state index in [9.17, 15) is 9.18 Å². The van der Waals surface area contributed by atoms with Gasteiger partial charge in [0.1, 0.15) is 5.82 Å². The van der Waals surface area contributed by atoms with Crippen molar-refractivity contribution in [3.05, 3.63) is 69.1 Å².